The van der Waals surface area contributed by atoms with Crippen molar-refractivity contribution in [2.24, 2.45) is 0 Å². The second-order valence-electron chi connectivity index (χ2n) is 7.22. The average Bonchev–Trinajstić information content (AvgIpc) is 2.69. The Kier molecular flexibility index (Phi) is 6.82. The number of hydrogen-bond acceptors (Lipinski definition) is 3. The van der Waals surface area contributed by atoms with Gasteiger partial charge in [-0.2, -0.15) is 0 Å². The van der Waals surface area contributed by atoms with Crippen LogP contribution < -0.4 is 9.62 Å². The third kappa shape index (κ3) is 5.60. The van der Waals surface area contributed by atoms with Crippen LogP contribution >= 0.6 is 22.6 Å². The van der Waals surface area contributed by atoms with Crippen LogP contribution in [0.3, 0.4) is 0 Å². The second-order valence-corrected chi connectivity index (χ2v) is 10.4. The van der Waals surface area contributed by atoms with E-state index in [1.165, 1.54) is 10.6 Å². The van der Waals surface area contributed by atoms with Gasteiger partial charge in [0.25, 0.3) is 5.91 Å². The normalized spacial score (nSPS) is 11.2. The molecule has 0 aliphatic rings. The number of nitrogens with one attached hydrogen (secondary N) is 1. The number of amides is 1. The van der Waals surface area contributed by atoms with E-state index < -0.39 is 10.0 Å². The molecule has 3 rings (SSSR count). The van der Waals surface area contributed by atoms with E-state index in [0.29, 0.717) is 11.3 Å². The summed E-state index contributed by atoms with van der Waals surface area (Å²) in [5.41, 5.74) is 4.58. The smallest absolute Gasteiger partial charge is 0.255 e. The molecule has 0 aliphatic carbocycles. The lowest BCUT2D eigenvalue weighted by molar-refractivity contribution is 0.102. The van der Waals surface area contributed by atoms with Crippen LogP contribution in [-0.2, 0) is 16.6 Å². The average molecular weight is 534 g/mol. The summed E-state index contributed by atoms with van der Waals surface area (Å²) in [6.45, 7) is 4.03. The zero-order valence-electron chi connectivity index (χ0n) is 17.0. The third-order valence-electron chi connectivity index (χ3n) is 4.68. The maximum Gasteiger partial charge on any atom is 0.255 e. The molecule has 5 nitrogen and oxygen atoms in total. The molecule has 156 valence electrons. The zero-order chi connectivity index (χ0) is 21.9. The summed E-state index contributed by atoms with van der Waals surface area (Å²) in [6.07, 6.45) is 1.21. The summed E-state index contributed by atoms with van der Waals surface area (Å²) < 4.78 is 27.4. The zero-order valence-corrected chi connectivity index (χ0v) is 20.0. The van der Waals surface area contributed by atoms with E-state index in [0.717, 1.165) is 25.9 Å². The Morgan fingerprint density at radius 1 is 0.967 bits per heavy atom. The van der Waals surface area contributed by atoms with Gasteiger partial charge < -0.3 is 5.32 Å². The van der Waals surface area contributed by atoms with E-state index in [2.05, 4.69) is 27.9 Å². The van der Waals surface area contributed by atoms with Crippen molar-refractivity contribution in [3.63, 3.8) is 0 Å². The highest BCUT2D eigenvalue weighted by Gasteiger charge is 2.20. The highest BCUT2D eigenvalue weighted by molar-refractivity contribution is 14.1. The Labute approximate surface area is 191 Å². The molecule has 0 aromatic heterocycles. The fourth-order valence-corrected chi connectivity index (χ4v) is 4.33. The Bertz CT molecular complexity index is 1160. The number of carbonyl (C=O) groups excluding carboxylic acids is 1. The van der Waals surface area contributed by atoms with Crippen LogP contribution in [0.15, 0.2) is 66.7 Å². The predicted molar refractivity (Wildman–Crippen MR) is 130 cm³/mol. The summed E-state index contributed by atoms with van der Waals surface area (Å²) in [6, 6.07) is 20.3. The fourth-order valence-electron chi connectivity index (χ4n) is 3.03. The number of nitrogens with zero attached hydrogens (tertiary/aromatic N) is 1. The third-order valence-corrected chi connectivity index (χ3v) is 6.52. The maximum absolute atomic E-state index is 12.5. The number of aryl methyl sites for hydroxylation is 2. The monoisotopic (exact) mass is 534 g/mol. The number of halogens is 1. The number of carbonyl (C=O) groups is 1. The van der Waals surface area contributed by atoms with Crippen molar-refractivity contribution >= 4 is 49.9 Å². The van der Waals surface area contributed by atoms with E-state index in [-0.39, 0.29) is 12.5 Å². The van der Waals surface area contributed by atoms with E-state index in [9.17, 15) is 13.2 Å². The lowest BCUT2D eigenvalue weighted by Crippen LogP contribution is -2.30. The Morgan fingerprint density at radius 2 is 1.60 bits per heavy atom. The first-order valence-corrected chi connectivity index (χ1v) is 12.3. The molecule has 3 aromatic rings. The van der Waals surface area contributed by atoms with Crippen LogP contribution in [0, 0.1) is 17.4 Å². The number of sulfonamides is 1. The van der Waals surface area contributed by atoms with Crippen molar-refractivity contribution in [1.29, 1.82) is 0 Å². The molecule has 1 amide bonds. The Hall–Kier alpha value is -2.39. The van der Waals surface area contributed by atoms with Crippen molar-refractivity contribution in [1.82, 2.24) is 0 Å². The Morgan fingerprint density at radius 3 is 2.20 bits per heavy atom. The van der Waals surface area contributed by atoms with Gasteiger partial charge >= 0.3 is 0 Å². The van der Waals surface area contributed by atoms with Crippen molar-refractivity contribution in [3.8, 4) is 0 Å². The minimum absolute atomic E-state index is 0.197. The standard InChI is InChI=1S/C23H23IN2O3S/c1-16-4-5-17(2)22(14-16)26(30(3,28)29)15-18-6-8-19(9-7-18)23(27)25-21-12-10-20(24)11-13-21/h4-14H,15H2,1-3H3,(H,25,27). The minimum Gasteiger partial charge on any atom is -0.322 e. The van der Waals surface area contributed by atoms with Crippen LogP contribution in [0.25, 0.3) is 0 Å². The van der Waals surface area contributed by atoms with Gasteiger partial charge in [0.2, 0.25) is 10.0 Å². The summed E-state index contributed by atoms with van der Waals surface area (Å²) in [4.78, 5) is 12.5. The molecular formula is C23H23IN2O3S. The lowest BCUT2D eigenvalue weighted by Gasteiger charge is -2.25. The van der Waals surface area contributed by atoms with E-state index in [1.807, 2.05) is 56.3 Å². The SMILES string of the molecule is Cc1ccc(C)c(N(Cc2ccc(C(=O)Nc3ccc(I)cc3)cc2)S(C)(=O)=O)c1. The summed E-state index contributed by atoms with van der Waals surface area (Å²) >= 11 is 2.21. The van der Waals surface area contributed by atoms with Crippen molar-refractivity contribution in [2.75, 3.05) is 15.9 Å². The second kappa shape index (κ2) is 9.18. The number of hydrogen-bond donors (Lipinski definition) is 1. The van der Waals surface area contributed by atoms with Crippen molar-refractivity contribution < 1.29 is 13.2 Å². The van der Waals surface area contributed by atoms with Crippen LogP contribution in [0.2, 0.25) is 0 Å². The highest BCUT2D eigenvalue weighted by Crippen LogP contribution is 2.26. The molecule has 0 aliphatic heterocycles. The molecule has 0 saturated heterocycles. The molecule has 0 fully saturated rings. The van der Waals surface area contributed by atoms with Gasteiger partial charge in [-0.3, -0.25) is 9.10 Å². The highest BCUT2D eigenvalue weighted by atomic mass is 127. The number of anilines is 2. The van der Waals surface area contributed by atoms with Gasteiger partial charge in [-0.05, 0) is 95.6 Å². The van der Waals surface area contributed by atoms with Gasteiger partial charge in [0.05, 0.1) is 18.5 Å². The van der Waals surface area contributed by atoms with Crippen LogP contribution in [0.4, 0.5) is 11.4 Å². The van der Waals surface area contributed by atoms with Crippen LogP contribution in [0.1, 0.15) is 27.0 Å². The van der Waals surface area contributed by atoms with Crippen LogP contribution in [-0.4, -0.2) is 20.6 Å². The molecule has 1 N–H and O–H groups in total. The predicted octanol–water partition coefficient (Wildman–Crippen LogP) is 5.13. The van der Waals surface area contributed by atoms with Crippen molar-refractivity contribution in [3.05, 3.63) is 92.6 Å². The largest absolute Gasteiger partial charge is 0.322 e. The van der Waals surface area contributed by atoms with Gasteiger partial charge in [0.1, 0.15) is 0 Å². The molecule has 0 spiro atoms. The number of benzene rings is 3. The van der Waals surface area contributed by atoms with Gasteiger partial charge in [-0.15, -0.1) is 0 Å². The molecule has 7 heteroatoms. The minimum atomic E-state index is -3.47. The first-order valence-electron chi connectivity index (χ1n) is 9.34. The molecule has 0 saturated carbocycles. The first-order chi connectivity index (χ1) is 14.1. The topological polar surface area (TPSA) is 66.5 Å². The van der Waals surface area contributed by atoms with Crippen molar-refractivity contribution in [2.45, 2.75) is 20.4 Å². The molecule has 0 radical (unpaired) electrons. The van der Waals surface area contributed by atoms with Gasteiger partial charge in [0.15, 0.2) is 0 Å². The van der Waals surface area contributed by atoms with Gasteiger partial charge in [-0.25, -0.2) is 8.42 Å². The first kappa shape index (κ1) is 22.3. The summed E-state index contributed by atoms with van der Waals surface area (Å²) in [7, 11) is -3.47. The molecule has 0 bridgehead atoms. The summed E-state index contributed by atoms with van der Waals surface area (Å²) in [5, 5.41) is 2.86. The van der Waals surface area contributed by atoms with E-state index in [4.69, 9.17) is 0 Å². The lowest BCUT2D eigenvalue weighted by atomic mass is 10.1. The molecule has 0 heterocycles. The quantitative estimate of drug-likeness (QED) is 0.447. The van der Waals surface area contributed by atoms with Gasteiger partial charge in [0, 0.05) is 14.8 Å². The van der Waals surface area contributed by atoms with E-state index in [1.54, 1.807) is 24.3 Å². The van der Waals surface area contributed by atoms with Gasteiger partial charge in [-0.1, -0.05) is 24.3 Å². The molecule has 0 atom stereocenters. The molecule has 30 heavy (non-hydrogen) atoms. The van der Waals surface area contributed by atoms with Crippen LogP contribution in [0.5, 0.6) is 0 Å². The summed E-state index contributed by atoms with van der Waals surface area (Å²) in [5.74, 6) is -0.211. The fraction of sp³-hybridized carbons (Fsp3) is 0.174. The molecule has 0 unspecified atom stereocenters. The molecular weight excluding hydrogens is 511 g/mol. The maximum atomic E-state index is 12.5. The molecule has 3 aromatic carbocycles. The van der Waals surface area contributed by atoms with E-state index >= 15 is 0 Å². The number of rotatable bonds is 6. The Balaban J connectivity index is 1.79.